The first-order valence-corrected chi connectivity index (χ1v) is 5.52. The van der Waals surface area contributed by atoms with Gasteiger partial charge >= 0.3 is 0 Å². The van der Waals surface area contributed by atoms with E-state index in [1.54, 1.807) is 7.11 Å². The van der Waals surface area contributed by atoms with E-state index < -0.39 is 0 Å². The molecule has 0 atom stereocenters. The molecule has 84 valence electrons. The second-order valence-electron chi connectivity index (χ2n) is 3.36. The lowest BCUT2D eigenvalue weighted by Crippen LogP contribution is -1.80. The molecular formula is C14H16OS. The maximum Gasteiger partial charge on any atom is 0.119 e. The van der Waals surface area contributed by atoms with Crippen LogP contribution in [0.1, 0.15) is 5.56 Å². The number of thiol groups is 1. The molecule has 2 aromatic carbocycles. The molecule has 0 amide bonds. The third kappa shape index (κ3) is 4.89. The third-order valence-electron chi connectivity index (χ3n) is 1.99. The highest BCUT2D eigenvalue weighted by Gasteiger charge is 1.87. The van der Waals surface area contributed by atoms with Gasteiger partial charge in [0.25, 0.3) is 0 Å². The van der Waals surface area contributed by atoms with Crippen LogP contribution in [0.2, 0.25) is 0 Å². The monoisotopic (exact) mass is 232 g/mol. The molecule has 0 aliphatic rings. The maximum absolute atomic E-state index is 4.95. The van der Waals surface area contributed by atoms with E-state index in [0.29, 0.717) is 0 Å². The van der Waals surface area contributed by atoms with E-state index in [-0.39, 0.29) is 0 Å². The van der Waals surface area contributed by atoms with Gasteiger partial charge in [0.05, 0.1) is 7.11 Å². The van der Waals surface area contributed by atoms with Crippen LogP contribution in [0.25, 0.3) is 0 Å². The van der Waals surface area contributed by atoms with Gasteiger partial charge in [-0.15, -0.1) is 12.6 Å². The lowest BCUT2D eigenvalue weighted by atomic mass is 10.2. The van der Waals surface area contributed by atoms with Crippen LogP contribution in [-0.4, -0.2) is 7.11 Å². The van der Waals surface area contributed by atoms with Crippen molar-refractivity contribution in [2.75, 3.05) is 7.11 Å². The zero-order chi connectivity index (χ0) is 11.8. The van der Waals surface area contributed by atoms with Crippen LogP contribution in [0, 0.1) is 6.92 Å². The Hall–Kier alpha value is -1.41. The maximum atomic E-state index is 4.95. The first-order chi connectivity index (χ1) is 7.72. The summed E-state index contributed by atoms with van der Waals surface area (Å²) in [5.74, 6) is 0.850. The zero-order valence-corrected chi connectivity index (χ0v) is 10.4. The average Bonchev–Trinajstić information content (AvgIpc) is 2.31. The Bertz CT molecular complexity index is 412. The summed E-state index contributed by atoms with van der Waals surface area (Å²) in [5.41, 5.74) is 1.32. The molecule has 16 heavy (non-hydrogen) atoms. The van der Waals surface area contributed by atoms with E-state index in [9.17, 15) is 0 Å². The van der Waals surface area contributed by atoms with Crippen LogP contribution >= 0.6 is 12.6 Å². The molecule has 0 aliphatic carbocycles. The van der Waals surface area contributed by atoms with Crippen molar-refractivity contribution in [3.05, 3.63) is 60.2 Å². The summed E-state index contributed by atoms with van der Waals surface area (Å²) in [4.78, 5) is 0.925. The third-order valence-corrected chi connectivity index (χ3v) is 2.27. The van der Waals surface area contributed by atoms with Crippen LogP contribution < -0.4 is 4.74 Å². The van der Waals surface area contributed by atoms with Gasteiger partial charge in [0, 0.05) is 4.90 Å². The Balaban J connectivity index is 0.000000165. The Morgan fingerprint density at radius 2 is 1.62 bits per heavy atom. The second-order valence-corrected chi connectivity index (χ2v) is 3.87. The lowest BCUT2D eigenvalue weighted by Gasteiger charge is -1.97. The van der Waals surface area contributed by atoms with Gasteiger partial charge in [-0.3, -0.25) is 0 Å². The minimum absolute atomic E-state index is 0.850. The highest BCUT2D eigenvalue weighted by Crippen LogP contribution is 2.14. The Morgan fingerprint density at radius 1 is 0.938 bits per heavy atom. The first-order valence-electron chi connectivity index (χ1n) is 5.07. The summed E-state index contributed by atoms with van der Waals surface area (Å²) in [7, 11) is 1.64. The summed E-state index contributed by atoms with van der Waals surface area (Å²) in [6.45, 7) is 2.08. The van der Waals surface area contributed by atoms with Crippen molar-refractivity contribution in [1.82, 2.24) is 0 Å². The molecule has 0 radical (unpaired) electrons. The SMILES string of the molecule is COc1cccc(S)c1.Cc1ccccc1. The molecule has 0 fully saturated rings. The summed E-state index contributed by atoms with van der Waals surface area (Å²) < 4.78 is 4.95. The average molecular weight is 232 g/mol. The fourth-order valence-corrected chi connectivity index (χ4v) is 1.36. The predicted octanol–water partition coefficient (Wildman–Crippen LogP) is 3.98. The van der Waals surface area contributed by atoms with Crippen molar-refractivity contribution in [3.8, 4) is 5.75 Å². The standard InChI is InChI=1S/C7H8OS.C7H8/c1-8-6-3-2-4-7(9)5-6;1-7-5-3-2-4-6-7/h2-5,9H,1H3;2-6H,1H3. The first kappa shape index (κ1) is 12.7. The molecule has 2 aromatic rings. The molecule has 2 rings (SSSR count). The van der Waals surface area contributed by atoms with Crippen LogP contribution in [0.5, 0.6) is 5.75 Å². The van der Waals surface area contributed by atoms with Crippen molar-refractivity contribution in [2.24, 2.45) is 0 Å². The van der Waals surface area contributed by atoms with Crippen molar-refractivity contribution in [2.45, 2.75) is 11.8 Å². The number of hydrogen-bond acceptors (Lipinski definition) is 2. The molecule has 0 aromatic heterocycles. The highest BCUT2D eigenvalue weighted by molar-refractivity contribution is 7.80. The fourth-order valence-electron chi connectivity index (χ4n) is 1.14. The van der Waals surface area contributed by atoms with Gasteiger partial charge in [0.15, 0.2) is 0 Å². The van der Waals surface area contributed by atoms with Gasteiger partial charge in [-0.25, -0.2) is 0 Å². The van der Waals surface area contributed by atoms with Crippen LogP contribution in [0.15, 0.2) is 59.5 Å². The molecule has 1 nitrogen and oxygen atoms in total. The smallest absolute Gasteiger partial charge is 0.119 e. The van der Waals surface area contributed by atoms with Crippen molar-refractivity contribution < 1.29 is 4.74 Å². The number of methoxy groups -OCH3 is 1. The van der Waals surface area contributed by atoms with E-state index in [4.69, 9.17) is 4.74 Å². The molecule has 0 unspecified atom stereocenters. The highest BCUT2D eigenvalue weighted by atomic mass is 32.1. The van der Waals surface area contributed by atoms with E-state index >= 15 is 0 Å². The minimum atomic E-state index is 0.850. The molecule has 0 saturated carbocycles. The van der Waals surface area contributed by atoms with Gasteiger partial charge in [0.1, 0.15) is 5.75 Å². The van der Waals surface area contributed by atoms with Crippen LogP contribution in [0.4, 0.5) is 0 Å². The van der Waals surface area contributed by atoms with E-state index in [1.807, 2.05) is 42.5 Å². The van der Waals surface area contributed by atoms with E-state index in [2.05, 4.69) is 31.7 Å². The minimum Gasteiger partial charge on any atom is -0.497 e. The Kier molecular flexibility index (Phi) is 5.51. The van der Waals surface area contributed by atoms with Crippen molar-refractivity contribution in [3.63, 3.8) is 0 Å². The normalized spacial score (nSPS) is 8.94. The summed E-state index contributed by atoms with van der Waals surface area (Å²) in [5, 5.41) is 0. The van der Waals surface area contributed by atoms with Crippen molar-refractivity contribution in [1.29, 1.82) is 0 Å². The van der Waals surface area contributed by atoms with Gasteiger partial charge < -0.3 is 4.74 Å². The van der Waals surface area contributed by atoms with Gasteiger partial charge in [0.2, 0.25) is 0 Å². The second kappa shape index (κ2) is 6.96. The fraction of sp³-hybridized carbons (Fsp3) is 0.143. The van der Waals surface area contributed by atoms with Crippen LogP contribution in [0.3, 0.4) is 0 Å². The van der Waals surface area contributed by atoms with Gasteiger partial charge in [-0.1, -0.05) is 42.0 Å². The quantitative estimate of drug-likeness (QED) is 0.732. The Morgan fingerprint density at radius 3 is 2.00 bits per heavy atom. The molecule has 0 N–H and O–H groups in total. The molecule has 0 spiro atoms. The predicted molar refractivity (Wildman–Crippen MR) is 71.4 cm³/mol. The molecule has 0 saturated heterocycles. The van der Waals surface area contributed by atoms with Gasteiger partial charge in [-0.2, -0.15) is 0 Å². The summed E-state index contributed by atoms with van der Waals surface area (Å²) >= 11 is 4.13. The molecule has 2 heteroatoms. The largest absolute Gasteiger partial charge is 0.497 e. The summed E-state index contributed by atoms with van der Waals surface area (Å²) in [6.07, 6.45) is 0. The van der Waals surface area contributed by atoms with E-state index in [0.717, 1.165) is 10.6 Å². The lowest BCUT2D eigenvalue weighted by molar-refractivity contribution is 0.413. The number of ether oxygens (including phenoxy) is 1. The molecular weight excluding hydrogens is 216 g/mol. The summed E-state index contributed by atoms with van der Waals surface area (Å²) in [6, 6.07) is 17.8. The number of rotatable bonds is 1. The number of benzene rings is 2. The van der Waals surface area contributed by atoms with Gasteiger partial charge in [-0.05, 0) is 25.1 Å². The van der Waals surface area contributed by atoms with E-state index in [1.165, 1.54) is 5.56 Å². The van der Waals surface area contributed by atoms with Crippen molar-refractivity contribution >= 4 is 12.6 Å². The molecule has 0 heterocycles. The zero-order valence-electron chi connectivity index (χ0n) is 9.55. The molecule has 0 aliphatic heterocycles. The molecule has 0 bridgehead atoms. The topological polar surface area (TPSA) is 9.23 Å². The van der Waals surface area contributed by atoms with Crippen LogP contribution in [-0.2, 0) is 0 Å². The number of hydrogen-bond donors (Lipinski definition) is 1. The Labute approximate surface area is 102 Å². The number of aryl methyl sites for hydroxylation is 1.